The number of aromatic nitrogens is 4. The van der Waals surface area contributed by atoms with E-state index in [0.29, 0.717) is 32.0 Å². The van der Waals surface area contributed by atoms with Crippen LogP contribution in [0.4, 0.5) is 23.3 Å². The molecule has 30 heavy (non-hydrogen) atoms. The summed E-state index contributed by atoms with van der Waals surface area (Å²) in [6.45, 7) is 3.43. The molecule has 1 aliphatic heterocycles. The van der Waals surface area contributed by atoms with Crippen molar-refractivity contribution in [3.05, 3.63) is 36.5 Å². The molecule has 0 unspecified atom stereocenters. The van der Waals surface area contributed by atoms with E-state index < -0.39 is 10.0 Å². The Hall–Kier alpha value is -3.25. The zero-order valence-electron chi connectivity index (χ0n) is 16.4. The van der Waals surface area contributed by atoms with Gasteiger partial charge in [0.15, 0.2) is 11.5 Å². The fourth-order valence-electron chi connectivity index (χ4n) is 3.09. The Balaban J connectivity index is 0.00000272. The third kappa shape index (κ3) is 4.19. The van der Waals surface area contributed by atoms with Gasteiger partial charge in [0.05, 0.1) is 11.9 Å². The van der Waals surface area contributed by atoms with Crippen LogP contribution in [0.25, 0.3) is 11.6 Å². The SMILES string of the molecule is CCS(=O)(=O)N1CCN(c2cnc(N)c(-c3nnc(Nc4ccccc4)o3)n2)CC1.[HH]. The van der Waals surface area contributed by atoms with Crippen molar-refractivity contribution in [1.29, 1.82) is 0 Å². The van der Waals surface area contributed by atoms with E-state index in [9.17, 15) is 8.42 Å². The van der Waals surface area contributed by atoms with Crippen molar-refractivity contribution in [3.8, 4) is 11.6 Å². The molecule has 2 aromatic heterocycles. The van der Waals surface area contributed by atoms with Crippen molar-refractivity contribution in [2.24, 2.45) is 0 Å². The van der Waals surface area contributed by atoms with Gasteiger partial charge >= 0.3 is 6.01 Å². The molecule has 1 saturated heterocycles. The number of rotatable bonds is 6. The topological polar surface area (TPSA) is 143 Å². The first-order valence-corrected chi connectivity index (χ1v) is 11.1. The molecule has 0 atom stereocenters. The van der Waals surface area contributed by atoms with Gasteiger partial charge in [0.25, 0.3) is 5.89 Å². The summed E-state index contributed by atoms with van der Waals surface area (Å²) in [5, 5.41) is 11.0. The first-order chi connectivity index (χ1) is 14.5. The van der Waals surface area contributed by atoms with E-state index in [1.807, 2.05) is 35.2 Å². The second-order valence-electron chi connectivity index (χ2n) is 6.65. The highest BCUT2D eigenvalue weighted by molar-refractivity contribution is 7.89. The van der Waals surface area contributed by atoms with Crippen molar-refractivity contribution < 1.29 is 14.3 Å². The maximum atomic E-state index is 12.0. The van der Waals surface area contributed by atoms with Gasteiger partial charge in [0, 0.05) is 33.3 Å². The molecule has 1 fully saturated rings. The highest BCUT2D eigenvalue weighted by atomic mass is 32.2. The van der Waals surface area contributed by atoms with Gasteiger partial charge in [-0.15, -0.1) is 5.10 Å². The number of nitrogen functional groups attached to an aromatic ring is 1. The Bertz CT molecular complexity index is 1120. The monoisotopic (exact) mass is 432 g/mol. The van der Waals surface area contributed by atoms with E-state index >= 15 is 0 Å². The van der Waals surface area contributed by atoms with Gasteiger partial charge in [0.2, 0.25) is 10.0 Å². The summed E-state index contributed by atoms with van der Waals surface area (Å²) < 4.78 is 31.2. The summed E-state index contributed by atoms with van der Waals surface area (Å²) in [5.41, 5.74) is 7.07. The summed E-state index contributed by atoms with van der Waals surface area (Å²) in [5.74, 6) is 0.979. The van der Waals surface area contributed by atoms with Crippen molar-refractivity contribution in [3.63, 3.8) is 0 Å². The molecule has 0 spiro atoms. The number of sulfonamides is 1. The summed E-state index contributed by atoms with van der Waals surface area (Å²) in [6.07, 6.45) is 1.56. The maximum Gasteiger partial charge on any atom is 0.320 e. The second kappa shape index (κ2) is 8.24. The molecule has 3 heterocycles. The molecule has 4 rings (SSSR count). The smallest absolute Gasteiger partial charge is 0.320 e. The molecule has 12 heteroatoms. The number of anilines is 4. The lowest BCUT2D eigenvalue weighted by atomic mass is 10.3. The van der Waals surface area contributed by atoms with Crippen molar-refractivity contribution in [2.75, 3.05) is 47.9 Å². The van der Waals surface area contributed by atoms with E-state index in [-0.39, 0.29) is 30.6 Å². The molecule has 0 saturated carbocycles. The third-order valence-electron chi connectivity index (χ3n) is 4.76. The number of nitrogens with two attached hydrogens (primary N) is 1. The first kappa shape index (κ1) is 20.0. The summed E-state index contributed by atoms with van der Waals surface area (Å²) >= 11 is 0. The van der Waals surface area contributed by atoms with E-state index in [2.05, 4.69) is 25.5 Å². The molecule has 0 amide bonds. The third-order valence-corrected chi connectivity index (χ3v) is 6.64. The molecule has 0 radical (unpaired) electrons. The van der Waals surface area contributed by atoms with Crippen LogP contribution >= 0.6 is 0 Å². The molecule has 1 aromatic carbocycles. The minimum Gasteiger partial charge on any atom is -0.401 e. The highest BCUT2D eigenvalue weighted by Gasteiger charge is 2.27. The molecule has 0 bridgehead atoms. The van der Waals surface area contributed by atoms with E-state index in [0.717, 1.165) is 5.69 Å². The van der Waals surface area contributed by atoms with E-state index in [4.69, 9.17) is 10.2 Å². The lowest BCUT2D eigenvalue weighted by molar-refractivity contribution is 0.384. The number of hydrogen-bond acceptors (Lipinski definition) is 10. The van der Waals surface area contributed by atoms with Crippen LogP contribution in [0.1, 0.15) is 8.35 Å². The summed E-state index contributed by atoms with van der Waals surface area (Å²) in [7, 11) is -3.20. The minimum absolute atomic E-state index is 0. The van der Waals surface area contributed by atoms with Gasteiger partial charge in [-0.05, 0) is 19.1 Å². The molecule has 160 valence electrons. The van der Waals surface area contributed by atoms with Crippen molar-refractivity contribution in [2.45, 2.75) is 6.92 Å². The van der Waals surface area contributed by atoms with Crippen LogP contribution in [0, 0.1) is 0 Å². The average molecular weight is 433 g/mol. The van der Waals surface area contributed by atoms with Gasteiger partial charge in [-0.2, -0.15) is 4.31 Å². The van der Waals surface area contributed by atoms with Gasteiger partial charge < -0.3 is 20.4 Å². The van der Waals surface area contributed by atoms with Gasteiger partial charge in [-0.1, -0.05) is 23.3 Å². The van der Waals surface area contributed by atoms with Crippen LogP contribution in [0.3, 0.4) is 0 Å². The zero-order chi connectivity index (χ0) is 21.1. The maximum absolute atomic E-state index is 12.0. The van der Waals surface area contributed by atoms with Gasteiger partial charge in [0.1, 0.15) is 5.82 Å². The van der Waals surface area contributed by atoms with Gasteiger partial charge in [-0.3, -0.25) is 0 Å². The largest absolute Gasteiger partial charge is 0.401 e. The zero-order valence-corrected chi connectivity index (χ0v) is 17.2. The average Bonchev–Trinajstić information content (AvgIpc) is 3.23. The predicted molar refractivity (Wildman–Crippen MR) is 115 cm³/mol. The van der Waals surface area contributed by atoms with Crippen molar-refractivity contribution in [1.82, 2.24) is 24.5 Å². The number of benzene rings is 1. The Morgan fingerprint density at radius 3 is 2.60 bits per heavy atom. The number of nitrogens with zero attached hydrogens (tertiary/aromatic N) is 6. The van der Waals surface area contributed by atoms with Crippen LogP contribution in [-0.4, -0.2) is 64.8 Å². The normalized spacial score (nSPS) is 15.3. The lowest BCUT2D eigenvalue weighted by Gasteiger charge is -2.34. The van der Waals surface area contributed by atoms with Crippen LogP contribution in [0.15, 0.2) is 40.9 Å². The van der Waals surface area contributed by atoms with Crippen LogP contribution in [0.5, 0.6) is 0 Å². The Labute approximate surface area is 175 Å². The number of para-hydroxylation sites is 1. The lowest BCUT2D eigenvalue weighted by Crippen LogP contribution is -2.49. The van der Waals surface area contributed by atoms with E-state index in [1.54, 1.807) is 13.1 Å². The number of nitrogens with one attached hydrogen (secondary N) is 1. The molecule has 3 N–H and O–H groups in total. The standard InChI is InChI=1S/C18H22N8O3S.H2/c1-2-30(27,28)26-10-8-25(9-11-26)14-12-20-16(19)15(22-14)17-23-24-18(29-17)21-13-6-4-3-5-7-13;/h3-7,12H,2,8-11H2,1H3,(H2,19,20)(H,21,24);1H. The van der Waals surface area contributed by atoms with Crippen LogP contribution in [-0.2, 0) is 10.0 Å². The highest BCUT2D eigenvalue weighted by Crippen LogP contribution is 2.26. The molecular formula is C18H24N8O3S. The molecule has 1 aliphatic rings. The van der Waals surface area contributed by atoms with Crippen molar-refractivity contribution >= 4 is 33.4 Å². The first-order valence-electron chi connectivity index (χ1n) is 9.47. The Kier molecular flexibility index (Phi) is 5.50. The molecule has 0 aliphatic carbocycles. The number of piperazine rings is 1. The van der Waals surface area contributed by atoms with Gasteiger partial charge in [-0.25, -0.2) is 18.4 Å². The minimum atomic E-state index is -3.20. The summed E-state index contributed by atoms with van der Waals surface area (Å²) in [4.78, 5) is 10.7. The molecule has 11 nitrogen and oxygen atoms in total. The van der Waals surface area contributed by atoms with E-state index in [1.165, 1.54) is 4.31 Å². The second-order valence-corrected chi connectivity index (χ2v) is 8.91. The molecule has 3 aromatic rings. The fourth-order valence-corrected chi connectivity index (χ4v) is 4.18. The Morgan fingerprint density at radius 2 is 1.90 bits per heavy atom. The fraction of sp³-hybridized carbons (Fsp3) is 0.333. The molecular weight excluding hydrogens is 408 g/mol. The summed E-state index contributed by atoms with van der Waals surface area (Å²) in [6, 6.07) is 9.63. The van der Waals surface area contributed by atoms with Crippen LogP contribution < -0.4 is 16.0 Å². The number of hydrogen-bond donors (Lipinski definition) is 2. The van der Waals surface area contributed by atoms with Crippen LogP contribution in [0.2, 0.25) is 0 Å². The quantitative estimate of drug-likeness (QED) is 0.589. The Morgan fingerprint density at radius 1 is 1.17 bits per heavy atom. The predicted octanol–water partition coefficient (Wildman–Crippen LogP) is 1.57.